The van der Waals surface area contributed by atoms with E-state index in [-0.39, 0.29) is 60.5 Å². The van der Waals surface area contributed by atoms with E-state index in [9.17, 15) is 0 Å². The molecule has 0 spiro atoms. The van der Waals surface area contributed by atoms with Gasteiger partial charge in [-0.25, -0.2) is 0 Å². The summed E-state index contributed by atoms with van der Waals surface area (Å²) in [6, 6.07) is 0. The van der Waals surface area contributed by atoms with Crippen LogP contribution in [0.1, 0.15) is 13.8 Å². The zero-order chi connectivity index (χ0) is 3.58. The van der Waals surface area contributed by atoms with Crippen molar-refractivity contribution in [1.82, 2.24) is 0 Å². The van der Waals surface area contributed by atoms with Crippen molar-refractivity contribution < 1.29 is 10.6 Å². The van der Waals surface area contributed by atoms with Crippen molar-refractivity contribution in [3.05, 3.63) is 0 Å². The maximum absolute atomic E-state index is 8.06. The van der Waals surface area contributed by atoms with Crippen molar-refractivity contribution in [3.63, 3.8) is 0 Å². The summed E-state index contributed by atoms with van der Waals surface area (Å²) in [6.07, 6.45) is -0.167. The Hall–Kier alpha value is 1.49. The average Bonchev–Trinajstić information content (AvgIpc) is 0.811. The summed E-state index contributed by atoms with van der Waals surface area (Å²) >= 11 is 0. The minimum atomic E-state index is -0.167. The fraction of sp³-hybridized carbons (Fsp3) is 1.00. The average molecular weight is 217 g/mol. The molecule has 0 heterocycles. The molecule has 0 aliphatic rings. The first-order valence-corrected chi connectivity index (χ1v) is 1.41. The summed E-state index contributed by atoms with van der Waals surface area (Å²) < 4.78 is 0. The van der Waals surface area contributed by atoms with Crippen LogP contribution in [0.2, 0.25) is 0 Å². The molecule has 38 valence electrons. The predicted molar refractivity (Wildman–Crippen MR) is 29.5 cm³/mol. The normalized spacial score (nSPS) is 6.00. The Labute approximate surface area is 78.3 Å². The van der Waals surface area contributed by atoms with Gasteiger partial charge in [0.15, 0.2) is 0 Å². The molecule has 0 saturated carbocycles. The molecule has 0 amide bonds. The fourth-order valence-corrected chi connectivity index (χ4v) is 0. The van der Waals surface area contributed by atoms with Crippen LogP contribution in [0.4, 0.5) is 0 Å². The van der Waals surface area contributed by atoms with E-state index >= 15 is 0 Å². The van der Waals surface area contributed by atoms with E-state index < -0.39 is 0 Å². The third-order valence-corrected chi connectivity index (χ3v) is 0. The first-order chi connectivity index (χ1) is 1.73. The summed E-state index contributed by atoms with van der Waals surface area (Å²) in [7, 11) is 0. The van der Waals surface area contributed by atoms with Gasteiger partial charge in [-0.05, 0) is 13.8 Å². The van der Waals surface area contributed by atoms with Crippen LogP contribution in [0.25, 0.3) is 0 Å². The number of hydrogen-bond acceptors (Lipinski definition) is 1. The standard InChI is InChI=1S/C3H8O.Ba.H2O.2H/c1-3(2)4;;;;/h3-4H,1-2H3;;1H2;;. The van der Waals surface area contributed by atoms with Gasteiger partial charge in [0, 0.05) is 6.10 Å². The van der Waals surface area contributed by atoms with Gasteiger partial charge in [0.05, 0.1) is 0 Å². The fourth-order valence-electron chi connectivity index (χ4n) is 0. The van der Waals surface area contributed by atoms with E-state index in [1.807, 2.05) is 0 Å². The van der Waals surface area contributed by atoms with Crippen LogP contribution in [-0.2, 0) is 0 Å². The second-order valence-electron chi connectivity index (χ2n) is 1.09. The van der Waals surface area contributed by atoms with Crippen LogP contribution < -0.4 is 0 Å². The Morgan fingerprint density at radius 2 is 1.33 bits per heavy atom. The molecule has 0 aliphatic heterocycles. The minimum absolute atomic E-state index is 0. The Morgan fingerprint density at radius 1 is 1.33 bits per heavy atom. The summed E-state index contributed by atoms with van der Waals surface area (Å²) in [6.45, 7) is 3.44. The summed E-state index contributed by atoms with van der Waals surface area (Å²) in [5, 5.41) is 8.06. The van der Waals surface area contributed by atoms with Crippen LogP contribution in [0.3, 0.4) is 0 Å². The predicted octanol–water partition coefficient (Wildman–Crippen LogP) is -1.35. The van der Waals surface area contributed by atoms with Gasteiger partial charge in [-0.15, -0.1) is 0 Å². The van der Waals surface area contributed by atoms with E-state index in [2.05, 4.69) is 0 Å². The maximum atomic E-state index is 8.06. The van der Waals surface area contributed by atoms with Crippen molar-refractivity contribution in [3.8, 4) is 0 Å². The van der Waals surface area contributed by atoms with Gasteiger partial charge in [-0.2, -0.15) is 0 Å². The quantitative estimate of drug-likeness (QED) is 0.501. The third-order valence-electron chi connectivity index (χ3n) is 0. The van der Waals surface area contributed by atoms with Gasteiger partial charge >= 0.3 is 48.9 Å². The molecule has 0 aliphatic carbocycles. The Balaban J connectivity index is -0.0000000450. The number of hydrogen-bond donors (Lipinski definition) is 1. The molecular formula is C3H12BaO2. The Bertz CT molecular complexity index is 13.5. The zero-order valence-corrected chi connectivity index (χ0v) is 3.52. The van der Waals surface area contributed by atoms with Crippen LogP contribution in [-0.4, -0.2) is 65.6 Å². The number of aliphatic hydroxyl groups is 1. The third kappa shape index (κ3) is 49.8. The summed E-state index contributed by atoms with van der Waals surface area (Å²) in [5.74, 6) is 0. The van der Waals surface area contributed by atoms with Crippen molar-refractivity contribution >= 4 is 48.9 Å². The molecule has 6 heavy (non-hydrogen) atoms. The monoisotopic (exact) mass is 218 g/mol. The number of rotatable bonds is 0. The zero-order valence-electron chi connectivity index (χ0n) is 3.52. The van der Waals surface area contributed by atoms with Crippen molar-refractivity contribution in [2.24, 2.45) is 0 Å². The molecular weight excluding hydrogens is 205 g/mol. The molecule has 0 bridgehead atoms. The molecule has 0 aromatic heterocycles. The molecule has 3 N–H and O–H groups in total. The first-order valence-electron chi connectivity index (χ1n) is 1.41. The molecule has 0 fully saturated rings. The van der Waals surface area contributed by atoms with Crippen LogP contribution >= 0.6 is 0 Å². The molecule has 0 radical (unpaired) electrons. The molecule has 0 atom stereocenters. The van der Waals surface area contributed by atoms with Crippen molar-refractivity contribution in [2.45, 2.75) is 20.0 Å². The summed E-state index contributed by atoms with van der Waals surface area (Å²) in [5.41, 5.74) is 0. The molecule has 0 aromatic rings. The summed E-state index contributed by atoms with van der Waals surface area (Å²) in [4.78, 5) is 0. The van der Waals surface area contributed by atoms with Gasteiger partial charge in [-0.3, -0.25) is 0 Å². The SMILES string of the molecule is CC(C)O.O.[BaH2]. The van der Waals surface area contributed by atoms with Gasteiger partial charge in [-0.1, -0.05) is 0 Å². The molecule has 2 nitrogen and oxygen atoms in total. The van der Waals surface area contributed by atoms with E-state index in [0.717, 1.165) is 0 Å². The van der Waals surface area contributed by atoms with Gasteiger partial charge in [0.1, 0.15) is 0 Å². The van der Waals surface area contributed by atoms with Crippen LogP contribution in [0.5, 0.6) is 0 Å². The van der Waals surface area contributed by atoms with Crippen LogP contribution in [0.15, 0.2) is 0 Å². The van der Waals surface area contributed by atoms with Crippen LogP contribution in [0, 0.1) is 0 Å². The van der Waals surface area contributed by atoms with E-state index in [4.69, 9.17) is 5.11 Å². The van der Waals surface area contributed by atoms with Gasteiger partial charge in [0.2, 0.25) is 0 Å². The number of aliphatic hydroxyl groups excluding tert-OH is 1. The molecule has 0 unspecified atom stereocenters. The van der Waals surface area contributed by atoms with Gasteiger partial charge < -0.3 is 10.6 Å². The Morgan fingerprint density at radius 3 is 1.33 bits per heavy atom. The van der Waals surface area contributed by atoms with E-state index in [0.29, 0.717) is 0 Å². The second kappa shape index (κ2) is 9.70. The molecule has 0 saturated heterocycles. The Kier molecular flexibility index (Phi) is 25.3. The van der Waals surface area contributed by atoms with Crippen molar-refractivity contribution in [2.75, 3.05) is 0 Å². The van der Waals surface area contributed by atoms with Gasteiger partial charge in [0.25, 0.3) is 0 Å². The molecule has 0 rings (SSSR count). The topological polar surface area (TPSA) is 51.7 Å². The second-order valence-corrected chi connectivity index (χ2v) is 1.09. The van der Waals surface area contributed by atoms with E-state index in [1.54, 1.807) is 13.8 Å². The molecule has 3 heteroatoms. The molecule has 0 aromatic carbocycles. The van der Waals surface area contributed by atoms with Crippen molar-refractivity contribution in [1.29, 1.82) is 0 Å². The first kappa shape index (κ1) is 15.6. The van der Waals surface area contributed by atoms with E-state index in [1.165, 1.54) is 0 Å².